The summed E-state index contributed by atoms with van der Waals surface area (Å²) in [6.45, 7) is -0.746. The molecule has 31 heavy (non-hydrogen) atoms. The van der Waals surface area contributed by atoms with Crippen LogP contribution in [0.2, 0.25) is 0 Å². The SMILES string of the molecule is NC1N[C@@]2(c3cc(NC(=O)c4ccc(OCC(F)F)cn4)ccc3F)CCC[C@H]2CS1. The predicted molar refractivity (Wildman–Crippen MR) is 113 cm³/mol. The normalized spacial score (nSPS) is 25.3. The number of benzene rings is 1. The number of thioether (sulfide) groups is 1. The molecule has 2 heterocycles. The number of anilines is 1. The number of amides is 1. The molecule has 1 aromatic heterocycles. The predicted octanol–water partition coefficient (Wildman–Crippen LogP) is 3.69. The zero-order chi connectivity index (χ0) is 22.0. The standard InChI is InChI=1S/C21H23F3N4O2S/c22-16-5-3-13(8-15(16)21-7-1-2-12(21)11-31-20(25)28-21)27-19(29)17-6-4-14(9-26-17)30-10-18(23)24/h3-6,8-9,12,18,20,28H,1-2,7,10-11,25H2,(H,27,29)/t12-,20?,21-/m0/s1. The molecule has 0 spiro atoms. The molecule has 1 amide bonds. The second-order valence-corrected chi connectivity index (χ2v) is 8.86. The highest BCUT2D eigenvalue weighted by molar-refractivity contribution is 7.99. The van der Waals surface area contributed by atoms with E-state index in [2.05, 4.69) is 15.6 Å². The van der Waals surface area contributed by atoms with E-state index >= 15 is 0 Å². The molecule has 4 rings (SSSR count). The van der Waals surface area contributed by atoms with Crippen LogP contribution in [0.3, 0.4) is 0 Å². The number of hydrogen-bond acceptors (Lipinski definition) is 6. The topological polar surface area (TPSA) is 89.3 Å². The van der Waals surface area contributed by atoms with Gasteiger partial charge in [0.25, 0.3) is 12.3 Å². The van der Waals surface area contributed by atoms with Gasteiger partial charge in [0.2, 0.25) is 0 Å². The van der Waals surface area contributed by atoms with E-state index in [0.717, 1.165) is 25.0 Å². The van der Waals surface area contributed by atoms with Crippen LogP contribution in [0.15, 0.2) is 36.5 Å². The summed E-state index contributed by atoms with van der Waals surface area (Å²) in [6, 6.07) is 7.27. The molecule has 0 radical (unpaired) electrons. The van der Waals surface area contributed by atoms with Gasteiger partial charge in [-0.25, -0.2) is 18.2 Å². The van der Waals surface area contributed by atoms with Gasteiger partial charge in [0.15, 0.2) is 0 Å². The molecule has 1 aliphatic carbocycles. The molecule has 1 aromatic carbocycles. The summed E-state index contributed by atoms with van der Waals surface area (Å²) in [5.74, 6) is 0.427. The third kappa shape index (κ3) is 4.65. The summed E-state index contributed by atoms with van der Waals surface area (Å²) < 4.78 is 44.2. The van der Waals surface area contributed by atoms with Gasteiger partial charge in [-0.2, -0.15) is 0 Å². The van der Waals surface area contributed by atoms with E-state index in [-0.39, 0.29) is 28.7 Å². The first-order chi connectivity index (χ1) is 14.9. The van der Waals surface area contributed by atoms with E-state index in [4.69, 9.17) is 10.5 Å². The molecular weight excluding hydrogens is 429 g/mol. The first-order valence-electron chi connectivity index (χ1n) is 10.0. The number of hydrogen-bond donors (Lipinski definition) is 3. The van der Waals surface area contributed by atoms with Crippen LogP contribution in [0.4, 0.5) is 18.9 Å². The number of nitrogens with two attached hydrogens (primary N) is 1. The lowest BCUT2D eigenvalue weighted by Crippen LogP contribution is -2.57. The minimum absolute atomic E-state index is 0.0846. The van der Waals surface area contributed by atoms with Crippen LogP contribution >= 0.6 is 11.8 Å². The number of fused-ring (bicyclic) bond motifs is 1. The van der Waals surface area contributed by atoms with Crippen molar-refractivity contribution in [1.82, 2.24) is 10.3 Å². The van der Waals surface area contributed by atoms with Crippen LogP contribution < -0.4 is 21.1 Å². The average Bonchev–Trinajstić information content (AvgIpc) is 3.17. The number of nitrogens with zero attached hydrogens (tertiary/aromatic N) is 1. The molecule has 2 aromatic rings. The number of rotatable bonds is 6. The zero-order valence-electron chi connectivity index (χ0n) is 16.6. The summed E-state index contributed by atoms with van der Waals surface area (Å²) in [5.41, 5.74) is 6.32. The number of carbonyl (C=O) groups is 1. The second kappa shape index (κ2) is 9.05. The Balaban J connectivity index is 1.52. The van der Waals surface area contributed by atoms with Crippen molar-refractivity contribution in [1.29, 1.82) is 0 Å². The summed E-state index contributed by atoms with van der Waals surface area (Å²) in [7, 11) is 0. The summed E-state index contributed by atoms with van der Waals surface area (Å²) in [6.07, 6.45) is 1.36. The molecule has 10 heteroatoms. The van der Waals surface area contributed by atoms with Crippen LogP contribution in [-0.2, 0) is 5.54 Å². The fourth-order valence-electron chi connectivity index (χ4n) is 4.34. The van der Waals surface area contributed by atoms with Crippen molar-refractivity contribution >= 4 is 23.4 Å². The maximum absolute atomic E-state index is 14.9. The molecule has 6 nitrogen and oxygen atoms in total. The van der Waals surface area contributed by atoms with E-state index < -0.39 is 24.5 Å². The van der Waals surface area contributed by atoms with Crippen molar-refractivity contribution < 1.29 is 22.7 Å². The van der Waals surface area contributed by atoms with Gasteiger partial charge in [-0.15, -0.1) is 11.8 Å². The summed E-state index contributed by atoms with van der Waals surface area (Å²) in [5, 5.41) is 6.12. The van der Waals surface area contributed by atoms with E-state index in [1.165, 1.54) is 30.5 Å². The number of alkyl halides is 2. The van der Waals surface area contributed by atoms with Crippen molar-refractivity contribution in [2.24, 2.45) is 11.7 Å². The highest BCUT2D eigenvalue weighted by atomic mass is 32.2. The Bertz CT molecular complexity index is 947. The molecule has 3 atom stereocenters. The van der Waals surface area contributed by atoms with Gasteiger partial charge >= 0.3 is 0 Å². The van der Waals surface area contributed by atoms with E-state index in [1.54, 1.807) is 17.8 Å². The molecule has 166 valence electrons. The van der Waals surface area contributed by atoms with E-state index in [9.17, 15) is 18.0 Å². The molecule has 4 N–H and O–H groups in total. The first-order valence-corrected chi connectivity index (χ1v) is 11.1. The van der Waals surface area contributed by atoms with Gasteiger partial charge in [-0.3, -0.25) is 10.1 Å². The highest BCUT2D eigenvalue weighted by Crippen LogP contribution is 2.49. The lowest BCUT2D eigenvalue weighted by Gasteiger charge is -2.43. The van der Waals surface area contributed by atoms with Gasteiger partial charge in [-0.1, -0.05) is 6.42 Å². The van der Waals surface area contributed by atoms with Crippen molar-refractivity contribution in [3.63, 3.8) is 0 Å². The van der Waals surface area contributed by atoms with Crippen molar-refractivity contribution in [3.05, 3.63) is 53.6 Å². The zero-order valence-corrected chi connectivity index (χ0v) is 17.4. The van der Waals surface area contributed by atoms with Crippen molar-refractivity contribution in [2.75, 3.05) is 17.7 Å². The second-order valence-electron chi connectivity index (χ2n) is 7.69. The Labute approximate surface area is 182 Å². The Morgan fingerprint density at radius 1 is 1.39 bits per heavy atom. The third-order valence-electron chi connectivity index (χ3n) is 5.75. The Morgan fingerprint density at radius 2 is 2.23 bits per heavy atom. The Hall–Kier alpha value is -2.30. The van der Waals surface area contributed by atoms with Gasteiger partial charge in [0.1, 0.15) is 29.4 Å². The van der Waals surface area contributed by atoms with Crippen LogP contribution in [0.5, 0.6) is 5.75 Å². The Morgan fingerprint density at radius 3 is 2.97 bits per heavy atom. The fraction of sp³-hybridized carbons (Fsp3) is 0.429. The number of pyridine rings is 1. The van der Waals surface area contributed by atoms with Gasteiger partial charge in [0.05, 0.1) is 11.7 Å². The molecule has 1 unspecified atom stereocenters. The molecule has 2 fully saturated rings. The molecule has 1 aliphatic heterocycles. The first kappa shape index (κ1) is 21.9. The lowest BCUT2D eigenvalue weighted by molar-refractivity contribution is 0.0816. The smallest absolute Gasteiger partial charge is 0.274 e. The van der Waals surface area contributed by atoms with Crippen LogP contribution in [0.25, 0.3) is 0 Å². The monoisotopic (exact) mass is 452 g/mol. The van der Waals surface area contributed by atoms with Gasteiger partial charge in [-0.05, 0) is 49.1 Å². The minimum Gasteiger partial charge on any atom is -0.486 e. The molecule has 1 saturated heterocycles. The third-order valence-corrected chi connectivity index (χ3v) is 6.82. The van der Waals surface area contributed by atoms with E-state index in [0.29, 0.717) is 11.3 Å². The van der Waals surface area contributed by atoms with Crippen molar-refractivity contribution in [2.45, 2.75) is 36.7 Å². The molecular formula is C21H23F3N4O2S. The largest absolute Gasteiger partial charge is 0.486 e. The van der Waals surface area contributed by atoms with Gasteiger partial charge < -0.3 is 15.8 Å². The number of aromatic nitrogens is 1. The Kier molecular flexibility index (Phi) is 6.40. The molecule has 1 saturated carbocycles. The number of nitrogens with one attached hydrogen (secondary N) is 2. The minimum atomic E-state index is -2.60. The highest BCUT2D eigenvalue weighted by Gasteiger charge is 2.49. The summed E-state index contributed by atoms with van der Waals surface area (Å²) >= 11 is 1.63. The fourth-order valence-corrected chi connectivity index (χ4v) is 5.52. The lowest BCUT2D eigenvalue weighted by atomic mass is 9.80. The van der Waals surface area contributed by atoms with Crippen molar-refractivity contribution in [3.8, 4) is 5.75 Å². The average molecular weight is 453 g/mol. The number of carbonyl (C=O) groups excluding carboxylic acids is 1. The summed E-state index contributed by atoms with van der Waals surface area (Å²) in [4.78, 5) is 16.5. The van der Waals surface area contributed by atoms with Crippen LogP contribution in [-0.4, -0.2) is 35.2 Å². The number of halogens is 3. The van der Waals surface area contributed by atoms with Gasteiger partial charge in [0, 0.05) is 17.0 Å². The maximum atomic E-state index is 14.9. The van der Waals surface area contributed by atoms with E-state index in [1.807, 2.05) is 0 Å². The molecule has 2 aliphatic rings. The number of ether oxygens (including phenoxy) is 1. The maximum Gasteiger partial charge on any atom is 0.274 e. The quantitative estimate of drug-likeness (QED) is 0.620. The van der Waals surface area contributed by atoms with Crippen LogP contribution in [0, 0.1) is 11.7 Å². The molecule has 0 bridgehead atoms. The van der Waals surface area contributed by atoms with Crippen LogP contribution in [0.1, 0.15) is 35.3 Å².